The van der Waals surface area contributed by atoms with Crippen molar-refractivity contribution in [3.63, 3.8) is 0 Å². The molecule has 1 fully saturated rings. The minimum absolute atomic E-state index is 0.0556. The van der Waals surface area contributed by atoms with Crippen LogP contribution < -0.4 is 0 Å². The summed E-state index contributed by atoms with van der Waals surface area (Å²) in [5.41, 5.74) is -0.456. The van der Waals surface area contributed by atoms with Gasteiger partial charge in [-0.15, -0.1) is 0 Å². The quantitative estimate of drug-likeness (QED) is 0.601. The zero-order valence-electron chi connectivity index (χ0n) is 9.17. The van der Waals surface area contributed by atoms with Crippen LogP contribution in [0.2, 0.25) is 0 Å². The minimum Gasteiger partial charge on any atom is -0.373 e. The molecule has 0 bridgehead atoms. The maximum atomic E-state index is 13.4. The second-order valence-corrected chi connectivity index (χ2v) is 4.08. The van der Waals surface area contributed by atoms with E-state index in [4.69, 9.17) is 4.74 Å². The van der Waals surface area contributed by atoms with Crippen molar-refractivity contribution in [3.05, 3.63) is 35.1 Å². The Morgan fingerprint density at radius 3 is 2.47 bits per heavy atom. The van der Waals surface area contributed by atoms with E-state index in [2.05, 4.69) is 0 Å². The van der Waals surface area contributed by atoms with E-state index in [1.807, 2.05) is 0 Å². The molecule has 1 atom stereocenters. The number of ether oxygens (including phenoxy) is 1. The first-order valence-corrected chi connectivity index (χ1v) is 5.26. The maximum Gasteiger partial charge on any atom is 0.195 e. The van der Waals surface area contributed by atoms with Crippen molar-refractivity contribution in [1.29, 1.82) is 0 Å². The summed E-state index contributed by atoms with van der Waals surface area (Å²) in [5.74, 6) is -4.95. The smallest absolute Gasteiger partial charge is 0.195 e. The summed E-state index contributed by atoms with van der Waals surface area (Å²) in [4.78, 5) is 11.9. The van der Waals surface area contributed by atoms with Gasteiger partial charge in [-0.25, -0.2) is 13.2 Å². The highest BCUT2D eigenvalue weighted by atomic mass is 19.2. The van der Waals surface area contributed by atoms with Gasteiger partial charge in [0, 0.05) is 7.11 Å². The van der Waals surface area contributed by atoms with Crippen molar-refractivity contribution in [1.82, 2.24) is 0 Å². The lowest BCUT2D eigenvalue weighted by atomic mass is 10.0. The van der Waals surface area contributed by atoms with E-state index in [9.17, 15) is 18.0 Å². The Labute approximate surface area is 96.4 Å². The highest BCUT2D eigenvalue weighted by molar-refractivity contribution is 6.00. The van der Waals surface area contributed by atoms with Crippen molar-refractivity contribution < 1.29 is 22.7 Å². The van der Waals surface area contributed by atoms with Crippen LogP contribution in [-0.2, 0) is 4.74 Å². The predicted octanol–water partition coefficient (Wildman–Crippen LogP) is 2.71. The van der Waals surface area contributed by atoms with Crippen LogP contribution in [0, 0.1) is 23.4 Å². The van der Waals surface area contributed by atoms with Crippen molar-refractivity contribution >= 4 is 5.78 Å². The van der Waals surface area contributed by atoms with Gasteiger partial charge in [-0.1, -0.05) is 0 Å². The fraction of sp³-hybridized carbons (Fsp3) is 0.417. The molecule has 0 aliphatic heterocycles. The lowest BCUT2D eigenvalue weighted by Crippen LogP contribution is -2.26. The highest BCUT2D eigenvalue weighted by Crippen LogP contribution is 2.36. The predicted molar refractivity (Wildman–Crippen MR) is 54.2 cm³/mol. The van der Waals surface area contributed by atoms with Gasteiger partial charge in [-0.05, 0) is 30.9 Å². The number of halogens is 3. The molecular formula is C12H11F3O2. The first-order chi connectivity index (χ1) is 8.06. The van der Waals surface area contributed by atoms with Crippen molar-refractivity contribution in [2.45, 2.75) is 18.9 Å². The summed E-state index contributed by atoms with van der Waals surface area (Å²) in [6, 6.07) is 1.69. The Morgan fingerprint density at radius 2 is 1.94 bits per heavy atom. The molecule has 0 radical (unpaired) electrons. The number of hydrogen-bond acceptors (Lipinski definition) is 2. The summed E-state index contributed by atoms with van der Waals surface area (Å²) < 4.78 is 44.1. The molecule has 2 nitrogen and oxygen atoms in total. The van der Waals surface area contributed by atoms with Crippen LogP contribution in [0.3, 0.4) is 0 Å². The van der Waals surface area contributed by atoms with E-state index in [0.29, 0.717) is 0 Å². The molecule has 0 saturated heterocycles. The fourth-order valence-electron chi connectivity index (χ4n) is 1.78. The van der Waals surface area contributed by atoms with Crippen LogP contribution in [0.1, 0.15) is 23.2 Å². The molecule has 0 aromatic heterocycles. The Bertz CT molecular complexity index is 455. The molecule has 1 aliphatic carbocycles. The van der Waals surface area contributed by atoms with Gasteiger partial charge in [0.05, 0.1) is 5.56 Å². The summed E-state index contributed by atoms with van der Waals surface area (Å²) in [5, 5.41) is 0. The van der Waals surface area contributed by atoms with Crippen molar-refractivity contribution in [2.75, 3.05) is 7.11 Å². The average Bonchev–Trinajstić information content (AvgIpc) is 3.11. The van der Waals surface area contributed by atoms with Crippen molar-refractivity contribution in [2.24, 2.45) is 5.92 Å². The standard InChI is InChI=1S/C12H11F3O2/c1-17-12(6-2-3-6)11(16)7-4-5-8(13)10(15)9(7)14/h4-6,12H,2-3H2,1H3. The first-order valence-electron chi connectivity index (χ1n) is 5.26. The third-order valence-corrected chi connectivity index (χ3v) is 2.86. The van der Waals surface area contributed by atoms with Gasteiger partial charge < -0.3 is 4.74 Å². The Hall–Kier alpha value is -1.36. The van der Waals surface area contributed by atoms with Gasteiger partial charge >= 0.3 is 0 Å². The van der Waals surface area contributed by atoms with E-state index >= 15 is 0 Å². The first kappa shape index (κ1) is 12.1. The van der Waals surface area contributed by atoms with E-state index in [1.165, 1.54) is 7.11 Å². The molecule has 1 aromatic rings. The van der Waals surface area contributed by atoms with Crippen LogP contribution in [0.15, 0.2) is 12.1 Å². The Kier molecular flexibility index (Phi) is 3.19. The molecule has 1 unspecified atom stereocenters. The van der Waals surface area contributed by atoms with Gasteiger partial charge in [0.15, 0.2) is 23.2 Å². The normalized spacial score (nSPS) is 16.9. The lowest BCUT2D eigenvalue weighted by molar-refractivity contribution is 0.0534. The molecule has 5 heteroatoms. The van der Waals surface area contributed by atoms with E-state index < -0.39 is 34.9 Å². The molecule has 1 aromatic carbocycles. The van der Waals surface area contributed by atoms with Gasteiger partial charge in [-0.3, -0.25) is 4.79 Å². The zero-order valence-corrected chi connectivity index (χ0v) is 9.17. The number of methoxy groups -OCH3 is 1. The average molecular weight is 244 g/mol. The molecule has 92 valence electrons. The second-order valence-electron chi connectivity index (χ2n) is 4.08. The van der Waals surface area contributed by atoms with Crippen LogP contribution in [0.4, 0.5) is 13.2 Å². The minimum atomic E-state index is -1.62. The third kappa shape index (κ3) is 2.20. The number of ketones is 1. The summed E-state index contributed by atoms with van der Waals surface area (Å²) in [6.45, 7) is 0. The fourth-order valence-corrected chi connectivity index (χ4v) is 1.78. The lowest BCUT2D eigenvalue weighted by Gasteiger charge is -2.13. The number of hydrogen-bond donors (Lipinski definition) is 0. The van der Waals surface area contributed by atoms with Crippen LogP contribution in [-0.4, -0.2) is 19.0 Å². The van der Waals surface area contributed by atoms with Crippen LogP contribution in [0.5, 0.6) is 0 Å². The number of carbonyl (C=O) groups is 1. The van der Waals surface area contributed by atoms with E-state index in [0.717, 1.165) is 25.0 Å². The zero-order chi connectivity index (χ0) is 12.6. The molecule has 0 heterocycles. The second kappa shape index (κ2) is 4.49. The summed E-state index contributed by atoms with van der Waals surface area (Å²) >= 11 is 0. The van der Waals surface area contributed by atoms with E-state index in [-0.39, 0.29) is 5.92 Å². The molecular weight excluding hydrogens is 233 g/mol. The van der Waals surface area contributed by atoms with Gasteiger partial charge in [0.1, 0.15) is 6.10 Å². The largest absolute Gasteiger partial charge is 0.373 e. The number of rotatable bonds is 4. The molecule has 0 amide bonds. The molecule has 1 saturated carbocycles. The van der Waals surface area contributed by atoms with Gasteiger partial charge in [-0.2, -0.15) is 0 Å². The Morgan fingerprint density at radius 1 is 1.29 bits per heavy atom. The van der Waals surface area contributed by atoms with E-state index in [1.54, 1.807) is 0 Å². The topological polar surface area (TPSA) is 26.3 Å². The van der Waals surface area contributed by atoms with Crippen LogP contribution in [0.25, 0.3) is 0 Å². The molecule has 1 aliphatic rings. The number of benzene rings is 1. The monoisotopic (exact) mass is 244 g/mol. The molecule has 17 heavy (non-hydrogen) atoms. The van der Waals surface area contributed by atoms with Gasteiger partial charge in [0.25, 0.3) is 0 Å². The molecule has 0 spiro atoms. The molecule has 2 rings (SSSR count). The number of Topliss-reactive ketones (excluding diaryl/α,β-unsaturated/α-hetero) is 1. The van der Waals surface area contributed by atoms with Crippen molar-refractivity contribution in [3.8, 4) is 0 Å². The highest BCUT2D eigenvalue weighted by Gasteiger charge is 2.38. The third-order valence-electron chi connectivity index (χ3n) is 2.86. The van der Waals surface area contributed by atoms with Gasteiger partial charge in [0.2, 0.25) is 0 Å². The molecule has 0 N–H and O–H groups in total. The summed E-state index contributed by atoms with van der Waals surface area (Å²) in [6.07, 6.45) is 0.889. The van der Waals surface area contributed by atoms with Crippen LogP contribution >= 0.6 is 0 Å². The SMILES string of the molecule is COC(C(=O)c1ccc(F)c(F)c1F)C1CC1. The Balaban J connectivity index is 2.33. The maximum absolute atomic E-state index is 13.4. The number of carbonyl (C=O) groups excluding carboxylic acids is 1. The summed E-state index contributed by atoms with van der Waals surface area (Å²) in [7, 11) is 1.35.